The van der Waals surface area contributed by atoms with Crippen LogP contribution in [0.4, 0.5) is 5.69 Å². The molecule has 19 heavy (non-hydrogen) atoms. The zero-order valence-electron chi connectivity index (χ0n) is 11.6. The lowest BCUT2D eigenvalue weighted by Crippen LogP contribution is -2.22. The van der Waals surface area contributed by atoms with Gasteiger partial charge in [-0.25, -0.2) is 0 Å². The Bertz CT molecular complexity index is 426. The van der Waals surface area contributed by atoms with Crippen LogP contribution in [0, 0.1) is 5.92 Å². The molecule has 104 valence electrons. The van der Waals surface area contributed by atoms with Gasteiger partial charge in [0, 0.05) is 37.8 Å². The molecule has 2 rings (SSSR count). The lowest BCUT2D eigenvalue weighted by molar-refractivity contribution is -0.141. The second kappa shape index (κ2) is 6.06. The number of nitrogens with one attached hydrogen (secondary N) is 1. The van der Waals surface area contributed by atoms with E-state index in [1.807, 2.05) is 0 Å². The summed E-state index contributed by atoms with van der Waals surface area (Å²) in [4.78, 5) is 13.5. The van der Waals surface area contributed by atoms with Crippen molar-refractivity contribution >= 4 is 11.7 Å². The van der Waals surface area contributed by atoms with E-state index in [9.17, 15) is 9.90 Å². The van der Waals surface area contributed by atoms with Gasteiger partial charge >= 0.3 is 5.97 Å². The summed E-state index contributed by atoms with van der Waals surface area (Å²) in [6, 6.07) is 8.33. The van der Waals surface area contributed by atoms with Gasteiger partial charge in [-0.05, 0) is 31.5 Å². The molecule has 2 N–H and O–H groups in total. The standard InChI is InChI=1S/C15H22N2O2/c1-3-17(4-2)12-7-5-11(6-8-12)13-9-16-10-14(13)15(18)19/h5-8,13-14,16H,3-4,9-10H2,1-2H3,(H,18,19). The van der Waals surface area contributed by atoms with Crippen LogP contribution < -0.4 is 10.2 Å². The second-order valence-corrected chi connectivity index (χ2v) is 4.97. The average molecular weight is 262 g/mol. The maximum atomic E-state index is 11.2. The molecule has 0 aromatic heterocycles. The van der Waals surface area contributed by atoms with E-state index in [-0.39, 0.29) is 11.8 Å². The third-order valence-electron chi connectivity index (χ3n) is 3.98. The number of carbonyl (C=O) groups is 1. The van der Waals surface area contributed by atoms with Gasteiger partial charge < -0.3 is 15.3 Å². The van der Waals surface area contributed by atoms with Crippen LogP contribution in [0.3, 0.4) is 0 Å². The van der Waals surface area contributed by atoms with Crippen LogP contribution in [-0.2, 0) is 4.79 Å². The van der Waals surface area contributed by atoms with Crippen LogP contribution in [0.5, 0.6) is 0 Å². The van der Waals surface area contributed by atoms with Gasteiger partial charge in [0.05, 0.1) is 5.92 Å². The highest BCUT2D eigenvalue weighted by Crippen LogP contribution is 2.29. The van der Waals surface area contributed by atoms with Crippen molar-refractivity contribution in [1.29, 1.82) is 0 Å². The number of hydrogen-bond acceptors (Lipinski definition) is 3. The predicted octanol–water partition coefficient (Wildman–Crippen LogP) is 1.92. The van der Waals surface area contributed by atoms with E-state index in [2.05, 4.69) is 48.3 Å². The van der Waals surface area contributed by atoms with Crippen molar-refractivity contribution < 1.29 is 9.90 Å². The molecular formula is C15H22N2O2. The van der Waals surface area contributed by atoms with Crippen LogP contribution in [0.1, 0.15) is 25.3 Å². The predicted molar refractivity (Wildman–Crippen MR) is 76.7 cm³/mol. The molecule has 0 aliphatic carbocycles. The van der Waals surface area contributed by atoms with Crippen molar-refractivity contribution in [3.63, 3.8) is 0 Å². The maximum absolute atomic E-state index is 11.2. The Morgan fingerprint density at radius 3 is 2.42 bits per heavy atom. The Kier molecular flexibility index (Phi) is 4.43. The first-order chi connectivity index (χ1) is 9.17. The van der Waals surface area contributed by atoms with Crippen molar-refractivity contribution in [2.24, 2.45) is 5.92 Å². The first-order valence-corrected chi connectivity index (χ1v) is 6.95. The largest absolute Gasteiger partial charge is 0.481 e. The fourth-order valence-electron chi connectivity index (χ4n) is 2.81. The SMILES string of the molecule is CCN(CC)c1ccc(C2CNCC2C(=O)O)cc1. The van der Waals surface area contributed by atoms with Crippen molar-refractivity contribution in [1.82, 2.24) is 5.32 Å². The second-order valence-electron chi connectivity index (χ2n) is 4.97. The molecule has 0 spiro atoms. The fourth-order valence-corrected chi connectivity index (χ4v) is 2.81. The minimum absolute atomic E-state index is 0.0863. The van der Waals surface area contributed by atoms with Gasteiger partial charge in [-0.1, -0.05) is 12.1 Å². The molecule has 1 saturated heterocycles. The summed E-state index contributed by atoms with van der Waals surface area (Å²) in [5.74, 6) is -0.926. The fraction of sp³-hybridized carbons (Fsp3) is 0.533. The summed E-state index contributed by atoms with van der Waals surface area (Å²) >= 11 is 0. The molecule has 0 saturated carbocycles. The maximum Gasteiger partial charge on any atom is 0.308 e. The van der Waals surface area contributed by atoms with E-state index in [1.165, 1.54) is 5.69 Å². The van der Waals surface area contributed by atoms with Gasteiger partial charge in [0.15, 0.2) is 0 Å². The molecule has 0 bridgehead atoms. The number of carboxylic acids is 1. The van der Waals surface area contributed by atoms with Gasteiger partial charge in [-0.15, -0.1) is 0 Å². The summed E-state index contributed by atoms with van der Waals surface area (Å²) in [7, 11) is 0. The molecule has 1 heterocycles. The Morgan fingerprint density at radius 2 is 1.89 bits per heavy atom. The smallest absolute Gasteiger partial charge is 0.308 e. The van der Waals surface area contributed by atoms with Crippen molar-refractivity contribution in [2.75, 3.05) is 31.1 Å². The van der Waals surface area contributed by atoms with Gasteiger partial charge in [0.25, 0.3) is 0 Å². The molecule has 1 aliphatic rings. The zero-order valence-corrected chi connectivity index (χ0v) is 11.6. The molecule has 1 aromatic carbocycles. The summed E-state index contributed by atoms with van der Waals surface area (Å²) in [6.07, 6.45) is 0. The van der Waals surface area contributed by atoms with Crippen LogP contribution in [0.25, 0.3) is 0 Å². The lowest BCUT2D eigenvalue weighted by Gasteiger charge is -2.22. The van der Waals surface area contributed by atoms with Crippen LogP contribution >= 0.6 is 0 Å². The summed E-state index contributed by atoms with van der Waals surface area (Å²) in [6.45, 7) is 7.56. The van der Waals surface area contributed by atoms with Crippen LogP contribution in [0.15, 0.2) is 24.3 Å². The molecule has 2 unspecified atom stereocenters. The molecule has 2 atom stereocenters. The molecule has 1 aliphatic heterocycles. The summed E-state index contributed by atoms with van der Waals surface area (Å²) in [5.41, 5.74) is 2.32. The summed E-state index contributed by atoms with van der Waals surface area (Å²) < 4.78 is 0. The third-order valence-corrected chi connectivity index (χ3v) is 3.98. The van der Waals surface area contributed by atoms with Crippen LogP contribution in [0.2, 0.25) is 0 Å². The summed E-state index contributed by atoms with van der Waals surface area (Å²) in [5, 5.41) is 12.4. The quantitative estimate of drug-likeness (QED) is 0.851. The molecule has 1 fully saturated rings. The Labute approximate surface area is 114 Å². The van der Waals surface area contributed by atoms with Gasteiger partial charge in [-0.2, -0.15) is 0 Å². The molecular weight excluding hydrogens is 240 g/mol. The lowest BCUT2D eigenvalue weighted by atomic mass is 9.89. The Hall–Kier alpha value is -1.55. The third kappa shape index (κ3) is 2.89. The molecule has 4 nitrogen and oxygen atoms in total. The van der Waals surface area contributed by atoms with Crippen molar-refractivity contribution in [3.8, 4) is 0 Å². The van der Waals surface area contributed by atoms with E-state index < -0.39 is 5.97 Å². The van der Waals surface area contributed by atoms with Crippen molar-refractivity contribution in [3.05, 3.63) is 29.8 Å². The minimum Gasteiger partial charge on any atom is -0.481 e. The first kappa shape index (κ1) is 13.9. The van der Waals surface area contributed by atoms with E-state index in [0.717, 1.165) is 25.2 Å². The number of carboxylic acid groups (broad SMARTS) is 1. The molecule has 1 aromatic rings. The number of aliphatic carboxylic acids is 1. The highest BCUT2D eigenvalue weighted by Gasteiger charge is 2.33. The van der Waals surface area contributed by atoms with Crippen molar-refractivity contribution in [2.45, 2.75) is 19.8 Å². The normalized spacial score (nSPS) is 22.4. The first-order valence-electron chi connectivity index (χ1n) is 6.95. The minimum atomic E-state index is -0.706. The highest BCUT2D eigenvalue weighted by atomic mass is 16.4. The van der Waals surface area contributed by atoms with E-state index in [0.29, 0.717) is 6.54 Å². The van der Waals surface area contributed by atoms with Gasteiger partial charge in [-0.3, -0.25) is 4.79 Å². The highest BCUT2D eigenvalue weighted by molar-refractivity contribution is 5.72. The molecule has 4 heteroatoms. The number of nitrogens with zero attached hydrogens (tertiary/aromatic N) is 1. The van der Waals surface area contributed by atoms with E-state index >= 15 is 0 Å². The monoisotopic (exact) mass is 262 g/mol. The van der Waals surface area contributed by atoms with Crippen LogP contribution in [-0.4, -0.2) is 37.3 Å². The topological polar surface area (TPSA) is 52.6 Å². The van der Waals surface area contributed by atoms with Gasteiger partial charge in [0.2, 0.25) is 0 Å². The number of anilines is 1. The molecule has 0 amide bonds. The molecule has 0 radical (unpaired) electrons. The Balaban J connectivity index is 2.16. The van der Waals surface area contributed by atoms with E-state index in [1.54, 1.807) is 0 Å². The van der Waals surface area contributed by atoms with Gasteiger partial charge in [0.1, 0.15) is 0 Å². The Morgan fingerprint density at radius 1 is 1.26 bits per heavy atom. The number of hydrogen-bond donors (Lipinski definition) is 2. The number of benzene rings is 1. The zero-order chi connectivity index (χ0) is 13.8. The number of rotatable bonds is 5. The average Bonchev–Trinajstić information content (AvgIpc) is 2.90. The van der Waals surface area contributed by atoms with E-state index in [4.69, 9.17) is 0 Å².